The third-order valence-electron chi connectivity index (χ3n) is 5.36. The highest BCUT2D eigenvalue weighted by atomic mass is 16.1. The van der Waals surface area contributed by atoms with Crippen molar-refractivity contribution >= 4 is 17.1 Å². The predicted molar refractivity (Wildman–Crippen MR) is 113 cm³/mol. The lowest BCUT2D eigenvalue weighted by Crippen LogP contribution is -2.33. The number of pyridine rings is 1. The van der Waals surface area contributed by atoms with E-state index in [4.69, 9.17) is 5.41 Å². The average Bonchev–Trinajstić information content (AvgIpc) is 2.71. The Hall–Kier alpha value is -2.86. The lowest BCUT2D eigenvalue weighted by Gasteiger charge is -2.36. The number of benzene rings is 1. The zero-order valence-corrected chi connectivity index (χ0v) is 16.8. The second kappa shape index (κ2) is 8.44. The van der Waals surface area contributed by atoms with Crippen LogP contribution in [0.5, 0.6) is 0 Å². The summed E-state index contributed by atoms with van der Waals surface area (Å²) in [6.07, 6.45) is 3.99. The largest absolute Gasteiger partial charge is 0.312 e. The summed E-state index contributed by atoms with van der Waals surface area (Å²) in [6, 6.07) is 14.0. The van der Waals surface area contributed by atoms with Crippen LogP contribution in [-0.2, 0) is 7.05 Å². The van der Waals surface area contributed by atoms with Gasteiger partial charge in [0.05, 0.1) is 16.6 Å². The molecule has 0 amide bonds. The SMILES string of the molecule is CC[C@H](C(C=N)c1nn(C)c(=O)c2cccnc12)[C@H](c1ccccc1)N(C)C. The third-order valence-corrected chi connectivity index (χ3v) is 5.36. The molecule has 3 rings (SSSR count). The molecule has 0 radical (unpaired) electrons. The molecule has 0 saturated carbocycles. The molecule has 28 heavy (non-hydrogen) atoms. The molecule has 0 saturated heterocycles. The van der Waals surface area contributed by atoms with E-state index < -0.39 is 0 Å². The number of fused-ring (bicyclic) bond motifs is 1. The fourth-order valence-electron chi connectivity index (χ4n) is 4.09. The van der Waals surface area contributed by atoms with Gasteiger partial charge >= 0.3 is 0 Å². The first-order chi connectivity index (χ1) is 13.5. The van der Waals surface area contributed by atoms with Crippen LogP contribution < -0.4 is 5.56 Å². The first kappa shape index (κ1) is 19.9. The minimum atomic E-state index is -0.262. The summed E-state index contributed by atoms with van der Waals surface area (Å²) < 4.78 is 1.36. The highest BCUT2D eigenvalue weighted by molar-refractivity contribution is 5.83. The summed E-state index contributed by atoms with van der Waals surface area (Å²) in [4.78, 5) is 19.1. The van der Waals surface area contributed by atoms with Gasteiger partial charge in [-0.3, -0.25) is 9.78 Å². The monoisotopic (exact) mass is 377 g/mol. The molecule has 6 heteroatoms. The third kappa shape index (κ3) is 3.60. The van der Waals surface area contributed by atoms with Crippen LogP contribution in [0, 0.1) is 11.3 Å². The quantitative estimate of drug-likeness (QED) is 0.641. The summed E-state index contributed by atoms with van der Waals surface area (Å²) in [5.41, 5.74) is 2.30. The van der Waals surface area contributed by atoms with Gasteiger partial charge in [-0.1, -0.05) is 43.7 Å². The van der Waals surface area contributed by atoms with Gasteiger partial charge in [0, 0.05) is 31.4 Å². The Kier molecular flexibility index (Phi) is 5.99. The molecule has 3 atom stereocenters. The summed E-state index contributed by atoms with van der Waals surface area (Å²) >= 11 is 0. The second-order valence-corrected chi connectivity index (χ2v) is 7.30. The number of hydrogen-bond acceptors (Lipinski definition) is 5. The molecule has 0 aliphatic rings. The van der Waals surface area contributed by atoms with E-state index in [0.717, 1.165) is 6.42 Å². The molecule has 0 aliphatic carbocycles. The van der Waals surface area contributed by atoms with E-state index in [0.29, 0.717) is 16.6 Å². The zero-order chi connectivity index (χ0) is 20.3. The van der Waals surface area contributed by atoms with E-state index in [1.54, 1.807) is 25.4 Å². The first-order valence-corrected chi connectivity index (χ1v) is 9.53. The van der Waals surface area contributed by atoms with Crippen molar-refractivity contribution < 1.29 is 0 Å². The van der Waals surface area contributed by atoms with Crippen molar-refractivity contribution in [3.8, 4) is 0 Å². The lowest BCUT2D eigenvalue weighted by molar-refractivity contribution is 0.197. The standard InChI is InChI=1S/C22H27N5O/c1-5-16(21(26(2)3)15-10-7-6-8-11-15)18(14-23)20-19-17(12-9-13-24-19)22(28)27(4)25-20/h6-14,16,18,21,23H,5H2,1-4H3/t16-,18?,21+/m1/s1. The molecule has 6 nitrogen and oxygen atoms in total. The smallest absolute Gasteiger partial charge is 0.275 e. The van der Waals surface area contributed by atoms with Crippen molar-refractivity contribution in [1.29, 1.82) is 5.41 Å². The van der Waals surface area contributed by atoms with Crippen molar-refractivity contribution in [2.24, 2.45) is 13.0 Å². The van der Waals surface area contributed by atoms with Crippen LogP contribution in [-0.4, -0.2) is 40.0 Å². The molecule has 0 fully saturated rings. The topological polar surface area (TPSA) is 74.9 Å². The van der Waals surface area contributed by atoms with E-state index in [9.17, 15) is 4.79 Å². The van der Waals surface area contributed by atoms with E-state index in [1.165, 1.54) is 16.5 Å². The van der Waals surface area contributed by atoms with Crippen molar-refractivity contribution in [1.82, 2.24) is 19.7 Å². The van der Waals surface area contributed by atoms with Crippen LogP contribution in [0.4, 0.5) is 0 Å². The summed E-state index contributed by atoms with van der Waals surface area (Å²) in [5.74, 6) is -0.160. The second-order valence-electron chi connectivity index (χ2n) is 7.30. The number of hydrogen-bond donors (Lipinski definition) is 1. The Morgan fingerprint density at radius 3 is 2.50 bits per heavy atom. The number of nitrogens with one attached hydrogen (secondary N) is 1. The lowest BCUT2D eigenvalue weighted by atomic mass is 9.78. The van der Waals surface area contributed by atoms with Gasteiger partial charge < -0.3 is 10.3 Å². The van der Waals surface area contributed by atoms with Gasteiger partial charge in [0.1, 0.15) is 0 Å². The van der Waals surface area contributed by atoms with Crippen LogP contribution in [0.2, 0.25) is 0 Å². The minimum absolute atomic E-state index is 0.102. The number of nitrogens with zero attached hydrogens (tertiary/aromatic N) is 4. The number of aryl methyl sites for hydroxylation is 1. The molecule has 1 aromatic carbocycles. The van der Waals surface area contributed by atoms with Gasteiger partial charge in [0.25, 0.3) is 5.56 Å². The Morgan fingerprint density at radius 2 is 1.89 bits per heavy atom. The minimum Gasteiger partial charge on any atom is -0.312 e. The normalized spacial score (nSPS) is 14.8. The van der Waals surface area contributed by atoms with Crippen molar-refractivity contribution in [3.63, 3.8) is 0 Å². The molecule has 3 aromatic rings. The molecule has 146 valence electrons. The van der Waals surface area contributed by atoms with E-state index >= 15 is 0 Å². The van der Waals surface area contributed by atoms with Crippen LogP contribution in [0.25, 0.3) is 10.9 Å². The maximum Gasteiger partial charge on any atom is 0.275 e. The molecule has 2 heterocycles. The predicted octanol–water partition coefficient (Wildman–Crippen LogP) is 3.39. The van der Waals surface area contributed by atoms with Gasteiger partial charge in [-0.2, -0.15) is 5.10 Å². The highest BCUT2D eigenvalue weighted by Gasteiger charge is 2.33. The van der Waals surface area contributed by atoms with Crippen molar-refractivity contribution in [2.75, 3.05) is 14.1 Å². The van der Waals surface area contributed by atoms with Gasteiger partial charge in [0.2, 0.25) is 0 Å². The summed E-state index contributed by atoms with van der Waals surface area (Å²) in [5, 5.41) is 13.3. The van der Waals surface area contributed by atoms with Gasteiger partial charge in [-0.05, 0) is 37.7 Å². The fraction of sp³-hybridized carbons (Fsp3) is 0.364. The van der Waals surface area contributed by atoms with Gasteiger partial charge in [0.15, 0.2) is 0 Å². The van der Waals surface area contributed by atoms with E-state index in [-0.39, 0.29) is 23.4 Å². The first-order valence-electron chi connectivity index (χ1n) is 9.53. The molecule has 1 unspecified atom stereocenters. The van der Waals surface area contributed by atoms with E-state index in [1.807, 2.05) is 18.2 Å². The Morgan fingerprint density at radius 1 is 1.18 bits per heavy atom. The zero-order valence-electron chi connectivity index (χ0n) is 16.8. The van der Waals surface area contributed by atoms with Gasteiger partial charge in [-0.15, -0.1) is 0 Å². The molecule has 0 spiro atoms. The van der Waals surface area contributed by atoms with E-state index in [2.05, 4.69) is 48.1 Å². The molecule has 0 aliphatic heterocycles. The maximum atomic E-state index is 12.5. The molecule has 2 aromatic heterocycles. The Bertz CT molecular complexity index is 1010. The maximum absolute atomic E-state index is 12.5. The van der Waals surface area contributed by atoms with Crippen LogP contribution >= 0.6 is 0 Å². The molecular formula is C22H27N5O. The molecule has 1 N–H and O–H groups in total. The summed E-state index contributed by atoms with van der Waals surface area (Å²) in [7, 11) is 5.78. The fourth-order valence-corrected chi connectivity index (χ4v) is 4.09. The Labute approximate surface area is 165 Å². The van der Waals surface area contributed by atoms with Crippen LogP contribution in [0.1, 0.15) is 36.6 Å². The highest BCUT2D eigenvalue weighted by Crippen LogP contribution is 2.39. The van der Waals surface area contributed by atoms with Crippen LogP contribution in [0.15, 0.2) is 53.5 Å². The molecular weight excluding hydrogens is 350 g/mol. The number of aromatic nitrogens is 3. The van der Waals surface area contributed by atoms with Crippen molar-refractivity contribution in [3.05, 3.63) is 70.3 Å². The van der Waals surface area contributed by atoms with Crippen LogP contribution in [0.3, 0.4) is 0 Å². The number of rotatable bonds is 7. The average molecular weight is 377 g/mol. The Balaban J connectivity index is 2.19. The van der Waals surface area contributed by atoms with Crippen molar-refractivity contribution in [2.45, 2.75) is 25.3 Å². The van der Waals surface area contributed by atoms with Gasteiger partial charge in [-0.25, -0.2) is 4.68 Å². The molecule has 0 bridgehead atoms. The summed E-state index contributed by atoms with van der Waals surface area (Å²) in [6.45, 7) is 2.14.